The number of fused-ring (bicyclic) bond motifs is 2. The maximum atomic E-state index is 12.3. The fourth-order valence-electron chi connectivity index (χ4n) is 2.76. The van der Waals surface area contributed by atoms with Crippen molar-refractivity contribution in [2.45, 2.75) is 23.8 Å². The van der Waals surface area contributed by atoms with Gasteiger partial charge in [-0.1, -0.05) is 18.2 Å². The smallest absolute Gasteiger partial charge is 0.226 e. The van der Waals surface area contributed by atoms with E-state index in [1.54, 1.807) is 11.3 Å². The Labute approximate surface area is 136 Å². The summed E-state index contributed by atoms with van der Waals surface area (Å²) >= 11 is 3.44. The summed E-state index contributed by atoms with van der Waals surface area (Å²) in [4.78, 5) is 19.0. The summed E-state index contributed by atoms with van der Waals surface area (Å²) in [6.07, 6.45) is 5.20. The SMILES string of the molecule is O=C(Cc1cn2ccsc2n1)N[C@@H]1CCSc2ccccc21. The molecule has 1 aliphatic rings. The van der Waals surface area contributed by atoms with Crippen molar-refractivity contribution < 1.29 is 4.79 Å². The van der Waals surface area contributed by atoms with Crippen molar-refractivity contribution in [3.8, 4) is 0 Å². The zero-order chi connectivity index (χ0) is 14.9. The number of carbonyl (C=O) groups is 1. The van der Waals surface area contributed by atoms with Crippen LogP contribution in [-0.4, -0.2) is 21.0 Å². The maximum absolute atomic E-state index is 12.3. The number of nitrogens with zero attached hydrogens (tertiary/aromatic N) is 2. The summed E-state index contributed by atoms with van der Waals surface area (Å²) in [6, 6.07) is 8.44. The molecule has 22 heavy (non-hydrogen) atoms. The lowest BCUT2D eigenvalue weighted by Crippen LogP contribution is -2.31. The van der Waals surface area contributed by atoms with Crippen LogP contribution in [0.1, 0.15) is 23.7 Å². The Morgan fingerprint density at radius 3 is 3.23 bits per heavy atom. The molecular formula is C16H15N3OS2. The van der Waals surface area contributed by atoms with E-state index in [1.807, 2.05) is 46.1 Å². The number of hydrogen-bond donors (Lipinski definition) is 1. The molecule has 4 nitrogen and oxygen atoms in total. The van der Waals surface area contributed by atoms with E-state index in [-0.39, 0.29) is 11.9 Å². The monoisotopic (exact) mass is 329 g/mol. The first-order chi connectivity index (χ1) is 10.8. The van der Waals surface area contributed by atoms with Crippen LogP contribution in [0.3, 0.4) is 0 Å². The van der Waals surface area contributed by atoms with Gasteiger partial charge in [-0.25, -0.2) is 4.98 Å². The van der Waals surface area contributed by atoms with Gasteiger partial charge in [0.1, 0.15) is 0 Å². The van der Waals surface area contributed by atoms with E-state index in [1.165, 1.54) is 10.5 Å². The standard InChI is InChI=1S/C16H15N3OS2/c20-15(9-11-10-19-6-8-22-16(19)17-11)18-13-5-7-21-14-4-2-1-3-12(13)14/h1-4,6,8,10,13H,5,7,9H2,(H,18,20)/t13-/m1/s1. The van der Waals surface area contributed by atoms with Crippen molar-refractivity contribution in [3.63, 3.8) is 0 Å². The third-order valence-corrected chi connectivity index (χ3v) is 5.67. The van der Waals surface area contributed by atoms with Crippen LogP contribution in [0.2, 0.25) is 0 Å². The molecule has 0 bridgehead atoms. The zero-order valence-corrected chi connectivity index (χ0v) is 13.5. The van der Waals surface area contributed by atoms with Gasteiger partial charge in [0.15, 0.2) is 4.96 Å². The highest BCUT2D eigenvalue weighted by Crippen LogP contribution is 2.35. The highest BCUT2D eigenvalue weighted by Gasteiger charge is 2.22. The Hall–Kier alpha value is -1.79. The van der Waals surface area contributed by atoms with Crippen LogP contribution >= 0.6 is 23.1 Å². The highest BCUT2D eigenvalue weighted by atomic mass is 32.2. The van der Waals surface area contributed by atoms with Crippen molar-refractivity contribution in [2.75, 3.05) is 5.75 Å². The average Bonchev–Trinajstić information content (AvgIpc) is 3.09. The molecule has 0 aliphatic carbocycles. The molecule has 0 unspecified atom stereocenters. The number of rotatable bonds is 3. The van der Waals surface area contributed by atoms with Crippen LogP contribution in [0.15, 0.2) is 46.9 Å². The molecular weight excluding hydrogens is 314 g/mol. The molecule has 1 atom stereocenters. The second-order valence-electron chi connectivity index (χ2n) is 5.30. The largest absolute Gasteiger partial charge is 0.349 e. The molecule has 0 spiro atoms. The summed E-state index contributed by atoms with van der Waals surface area (Å²) < 4.78 is 1.96. The lowest BCUT2D eigenvalue weighted by molar-refractivity contribution is -0.121. The van der Waals surface area contributed by atoms with Crippen molar-refractivity contribution >= 4 is 34.0 Å². The normalized spacial score (nSPS) is 17.4. The predicted octanol–water partition coefficient (Wildman–Crippen LogP) is 3.29. The number of aromatic nitrogens is 2. The van der Waals surface area contributed by atoms with Gasteiger partial charge in [0.2, 0.25) is 5.91 Å². The number of thiazole rings is 1. The van der Waals surface area contributed by atoms with Gasteiger partial charge < -0.3 is 5.32 Å². The highest BCUT2D eigenvalue weighted by molar-refractivity contribution is 7.99. The van der Waals surface area contributed by atoms with Crippen LogP contribution in [0.5, 0.6) is 0 Å². The molecule has 112 valence electrons. The summed E-state index contributed by atoms with van der Waals surface area (Å²) in [5, 5.41) is 5.15. The van der Waals surface area contributed by atoms with Crippen LogP contribution < -0.4 is 5.32 Å². The molecule has 1 aromatic carbocycles. The summed E-state index contributed by atoms with van der Waals surface area (Å²) in [7, 11) is 0. The number of benzene rings is 1. The first kappa shape index (κ1) is 13.8. The Morgan fingerprint density at radius 1 is 1.41 bits per heavy atom. The van der Waals surface area contributed by atoms with E-state index in [2.05, 4.69) is 22.4 Å². The Kier molecular flexibility index (Phi) is 3.63. The molecule has 3 heterocycles. The molecule has 4 rings (SSSR count). The van der Waals surface area contributed by atoms with E-state index in [4.69, 9.17) is 0 Å². The third kappa shape index (κ3) is 2.64. The molecule has 1 aliphatic heterocycles. The Morgan fingerprint density at radius 2 is 2.32 bits per heavy atom. The second-order valence-corrected chi connectivity index (χ2v) is 7.31. The maximum Gasteiger partial charge on any atom is 0.226 e. The number of imidazole rings is 1. The molecule has 0 saturated carbocycles. The summed E-state index contributed by atoms with van der Waals surface area (Å²) in [6.45, 7) is 0. The number of amides is 1. The minimum Gasteiger partial charge on any atom is -0.349 e. The van der Waals surface area contributed by atoms with Crippen molar-refractivity contribution in [2.24, 2.45) is 0 Å². The predicted molar refractivity (Wildman–Crippen MR) is 89.4 cm³/mol. The lowest BCUT2D eigenvalue weighted by atomic mass is 10.0. The van der Waals surface area contributed by atoms with Crippen LogP contribution in [0.4, 0.5) is 0 Å². The van der Waals surface area contributed by atoms with E-state index in [0.717, 1.165) is 22.8 Å². The molecule has 3 aromatic rings. The molecule has 6 heteroatoms. The van der Waals surface area contributed by atoms with Crippen LogP contribution in [0.25, 0.3) is 4.96 Å². The lowest BCUT2D eigenvalue weighted by Gasteiger charge is -2.25. The molecule has 0 saturated heterocycles. The summed E-state index contributed by atoms with van der Waals surface area (Å²) in [5.74, 6) is 1.08. The van der Waals surface area contributed by atoms with Gasteiger partial charge >= 0.3 is 0 Å². The van der Waals surface area contributed by atoms with Gasteiger partial charge in [0, 0.05) is 28.4 Å². The molecule has 0 radical (unpaired) electrons. The van der Waals surface area contributed by atoms with Gasteiger partial charge in [-0.05, 0) is 18.1 Å². The van der Waals surface area contributed by atoms with E-state index in [9.17, 15) is 4.79 Å². The van der Waals surface area contributed by atoms with E-state index >= 15 is 0 Å². The topological polar surface area (TPSA) is 46.4 Å². The van der Waals surface area contributed by atoms with E-state index in [0.29, 0.717) is 6.42 Å². The quantitative estimate of drug-likeness (QED) is 0.802. The van der Waals surface area contributed by atoms with Gasteiger partial charge in [-0.3, -0.25) is 9.20 Å². The van der Waals surface area contributed by atoms with Gasteiger partial charge in [0.25, 0.3) is 0 Å². The number of hydrogen-bond acceptors (Lipinski definition) is 4. The third-order valence-electron chi connectivity index (χ3n) is 3.78. The zero-order valence-electron chi connectivity index (χ0n) is 11.9. The minimum absolute atomic E-state index is 0.0393. The van der Waals surface area contributed by atoms with Crippen LogP contribution in [0, 0.1) is 0 Å². The van der Waals surface area contributed by atoms with Crippen molar-refractivity contribution in [3.05, 3.63) is 53.3 Å². The molecule has 1 N–H and O–H groups in total. The van der Waals surface area contributed by atoms with Crippen molar-refractivity contribution in [1.29, 1.82) is 0 Å². The number of carbonyl (C=O) groups excluding carboxylic acids is 1. The van der Waals surface area contributed by atoms with Gasteiger partial charge in [-0.2, -0.15) is 0 Å². The molecule has 1 amide bonds. The fraction of sp³-hybridized carbons (Fsp3) is 0.250. The van der Waals surface area contributed by atoms with Crippen molar-refractivity contribution in [1.82, 2.24) is 14.7 Å². The van der Waals surface area contributed by atoms with Crippen LogP contribution in [-0.2, 0) is 11.2 Å². The molecule has 0 fully saturated rings. The first-order valence-corrected chi connectivity index (χ1v) is 9.08. The number of thioether (sulfide) groups is 1. The summed E-state index contributed by atoms with van der Waals surface area (Å²) in [5.41, 5.74) is 2.06. The average molecular weight is 329 g/mol. The van der Waals surface area contributed by atoms with Gasteiger partial charge in [0.05, 0.1) is 18.2 Å². The van der Waals surface area contributed by atoms with E-state index < -0.39 is 0 Å². The Balaban J connectivity index is 1.47. The second kappa shape index (κ2) is 5.78. The minimum atomic E-state index is 0.0393. The first-order valence-electron chi connectivity index (χ1n) is 7.22. The Bertz CT molecular complexity index is 795. The number of nitrogens with one attached hydrogen (secondary N) is 1. The van der Waals surface area contributed by atoms with Gasteiger partial charge in [-0.15, -0.1) is 23.1 Å². The fourth-order valence-corrected chi connectivity index (χ4v) is 4.61. The molecule has 2 aromatic heterocycles.